The van der Waals surface area contributed by atoms with Crippen LogP contribution in [0.15, 0.2) is 52.5 Å². The van der Waals surface area contributed by atoms with Gasteiger partial charge in [0.15, 0.2) is 5.17 Å². The lowest BCUT2D eigenvalue weighted by atomic mass is 9.92. The molecule has 3 aliphatic heterocycles. The first-order valence-corrected chi connectivity index (χ1v) is 13.4. The molecule has 1 amide bonds. The van der Waals surface area contributed by atoms with Crippen LogP contribution in [0.3, 0.4) is 0 Å². The number of aromatic nitrogens is 2. The number of piperazine rings is 1. The number of hydrogen-bond acceptors (Lipinski definition) is 5. The van der Waals surface area contributed by atoms with E-state index in [-0.39, 0.29) is 34.2 Å². The fourth-order valence-electron chi connectivity index (χ4n) is 5.83. The van der Waals surface area contributed by atoms with Gasteiger partial charge in [0, 0.05) is 30.6 Å². The van der Waals surface area contributed by atoms with Gasteiger partial charge in [-0.2, -0.15) is 36.4 Å². The van der Waals surface area contributed by atoms with Crippen molar-refractivity contribution in [1.82, 2.24) is 20.0 Å². The first-order chi connectivity index (χ1) is 18.9. The number of nitrogens with zero attached hydrogens (tertiary/aromatic N) is 4. The maximum atomic E-state index is 14.0. The van der Waals surface area contributed by atoms with Gasteiger partial charge in [0.2, 0.25) is 0 Å². The lowest BCUT2D eigenvalue weighted by Gasteiger charge is -2.40. The number of likely N-dealkylation sites (tertiary alicyclic amines) is 1. The van der Waals surface area contributed by atoms with Crippen molar-refractivity contribution < 1.29 is 31.1 Å². The number of benzene rings is 2. The number of carbonyl (C=O) groups is 1. The number of H-pyrrole nitrogens is 1. The van der Waals surface area contributed by atoms with Crippen molar-refractivity contribution in [2.75, 3.05) is 20.1 Å². The van der Waals surface area contributed by atoms with E-state index >= 15 is 0 Å². The van der Waals surface area contributed by atoms with Crippen molar-refractivity contribution in [3.8, 4) is 0 Å². The smallest absolute Gasteiger partial charge is 0.342 e. The number of aromatic amines is 1. The second kappa shape index (κ2) is 9.65. The summed E-state index contributed by atoms with van der Waals surface area (Å²) in [4.78, 5) is 22.2. The SMILES string of the molecule is CN1CC2CCC(C1)N2C1=NC(=O)C(=C(Cc2ccc(C(F)(F)F)cc2C(F)(F)F)c2ccc3[nH]ncc3c2)S1. The lowest BCUT2D eigenvalue weighted by Crippen LogP contribution is -2.53. The third-order valence-corrected chi connectivity index (χ3v) is 8.75. The first kappa shape index (κ1) is 26.9. The van der Waals surface area contributed by atoms with Crippen molar-refractivity contribution in [3.05, 3.63) is 69.8 Å². The Bertz CT molecular complexity index is 1540. The number of alkyl halides is 6. The molecule has 2 fully saturated rings. The molecule has 0 aliphatic carbocycles. The zero-order valence-electron chi connectivity index (χ0n) is 21.1. The summed E-state index contributed by atoms with van der Waals surface area (Å²) < 4.78 is 81.9. The number of allylic oxidation sites excluding steroid dienone is 1. The molecule has 0 spiro atoms. The maximum absolute atomic E-state index is 14.0. The molecule has 6 rings (SSSR count). The molecule has 13 heteroatoms. The Labute approximate surface area is 229 Å². The summed E-state index contributed by atoms with van der Waals surface area (Å²) in [6, 6.07) is 7.02. The fraction of sp³-hybridized carbons (Fsp3) is 0.370. The van der Waals surface area contributed by atoms with Gasteiger partial charge in [-0.15, -0.1) is 0 Å². The third-order valence-electron chi connectivity index (χ3n) is 7.64. The van der Waals surface area contributed by atoms with Gasteiger partial charge in [-0.1, -0.05) is 12.1 Å². The van der Waals surface area contributed by atoms with Crippen molar-refractivity contribution in [2.45, 2.75) is 43.7 Å². The molecule has 0 saturated carbocycles. The molecular weight excluding hydrogens is 556 g/mol. The highest BCUT2D eigenvalue weighted by Crippen LogP contribution is 2.43. The minimum Gasteiger partial charge on any atom is -0.342 e. The van der Waals surface area contributed by atoms with Crippen LogP contribution in [0.25, 0.3) is 16.5 Å². The molecule has 0 radical (unpaired) electrons. The third kappa shape index (κ3) is 4.89. The Morgan fingerprint density at radius 2 is 1.75 bits per heavy atom. The summed E-state index contributed by atoms with van der Waals surface area (Å²) in [5, 5.41) is 7.98. The van der Waals surface area contributed by atoms with E-state index in [2.05, 4.69) is 25.0 Å². The van der Waals surface area contributed by atoms with Crippen LogP contribution >= 0.6 is 11.8 Å². The van der Waals surface area contributed by atoms with Crippen LogP contribution in [-0.2, 0) is 23.6 Å². The van der Waals surface area contributed by atoms with Gasteiger partial charge in [-0.25, -0.2) is 0 Å². The Hall–Kier alpha value is -3.32. The summed E-state index contributed by atoms with van der Waals surface area (Å²) >= 11 is 1.13. The van der Waals surface area contributed by atoms with Gasteiger partial charge in [-0.3, -0.25) is 9.89 Å². The van der Waals surface area contributed by atoms with E-state index < -0.39 is 35.8 Å². The van der Waals surface area contributed by atoms with Crippen LogP contribution in [0.2, 0.25) is 0 Å². The highest BCUT2D eigenvalue weighted by Gasteiger charge is 2.44. The summed E-state index contributed by atoms with van der Waals surface area (Å²) in [5.74, 6) is -0.568. The molecule has 2 saturated heterocycles. The second-order valence-corrected chi connectivity index (χ2v) is 11.3. The molecule has 1 N–H and O–H groups in total. The number of likely N-dealkylation sites (N-methyl/N-ethyl adjacent to an activating group) is 1. The highest BCUT2D eigenvalue weighted by molar-refractivity contribution is 8.18. The number of amides is 1. The molecule has 3 aromatic rings. The summed E-state index contributed by atoms with van der Waals surface area (Å²) in [7, 11) is 2.04. The fourth-order valence-corrected chi connectivity index (χ4v) is 6.99. The zero-order valence-corrected chi connectivity index (χ0v) is 21.9. The predicted octanol–water partition coefficient (Wildman–Crippen LogP) is 5.96. The molecule has 4 heterocycles. The Morgan fingerprint density at radius 3 is 2.42 bits per heavy atom. The van der Waals surface area contributed by atoms with Gasteiger partial charge in [0.05, 0.1) is 27.7 Å². The van der Waals surface area contributed by atoms with E-state index in [9.17, 15) is 31.1 Å². The maximum Gasteiger partial charge on any atom is 0.416 e. The molecule has 40 heavy (non-hydrogen) atoms. The molecule has 2 atom stereocenters. The molecule has 2 unspecified atom stereocenters. The van der Waals surface area contributed by atoms with E-state index in [1.54, 1.807) is 24.4 Å². The van der Waals surface area contributed by atoms with E-state index in [0.717, 1.165) is 43.8 Å². The quantitative estimate of drug-likeness (QED) is 0.307. The number of thioether (sulfide) groups is 1. The van der Waals surface area contributed by atoms with Gasteiger partial charge < -0.3 is 9.80 Å². The molecule has 6 nitrogen and oxygen atoms in total. The van der Waals surface area contributed by atoms with Crippen molar-refractivity contribution in [1.29, 1.82) is 0 Å². The number of hydrogen-bond donors (Lipinski definition) is 1. The number of aliphatic imine (C=N–C) groups is 1. The van der Waals surface area contributed by atoms with Crippen molar-refractivity contribution in [2.24, 2.45) is 4.99 Å². The average Bonchev–Trinajstić information content (AvgIpc) is 3.56. The number of nitrogens with one attached hydrogen (secondary N) is 1. The highest BCUT2D eigenvalue weighted by atomic mass is 32.2. The molecular formula is C27H23F6N5OS. The van der Waals surface area contributed by atoms with E-state index in [0.29, 0.717) is 27.7 Å². The van der Waals surface area contributed by atoms with E-state index in [1.807, 2.05) is 7.05 Å². The Kier molecular flexibility index (Phi) is 6.49. The number of carbonyl (C=O) groups excluding carboxylic acids is 1. The van der Waals surface area contributed by atoms with Crippen LogP contribution < -0.4 is 0 Å². The summed E-state index contributed by atoms with van der Waals surface area (Å²) in [6.07, 6.45) is -6.93. The van der Waals surface area contributed by atoms with Crippen LogP contribution in [-0.4, -0.2) is 63.3 Å². The zero-order chi connectivity index (χ0) is 28.4. The van der Waals surface area contributed by atoms with E-state index in [1.165, 1.54) is 0 Å². The minimum absolute atomic E-state index is 0.129. The average molecular weight is 580 g/mol. The molecule has 2 aromatic carbocycles. The normalized spacial score (nSPS) is 23.3. The number of fused-ring (bicyclic) bond motifs is 3. The van der Waals surface area contributed by atoms with Gasteiger partial charge in [0.1, 0.15) is 0 Å². The summed E-state index contributed by atoms with van der Waals surface area (Å²) in [5.41, 5.74) is -1.72. The lowest BCUT2D eigenvalue weighted by molar-refractivity contribution is -0.143. The second-order valence-electron chi connectivity index (χ2n) is 10.3. The Balaban J connectivity index is 1.44. The van der Waals surface area contributed by atoms with Gasteiger partial charge in [0.25, 0.3) is 5.91 Å². The topological polar surface area (TPSA) is 64.6 Å². The van der Waals surface area contributed by atoms with Gasteiger partial charge in [-0.05, 0) is 79.0 Å². The predicted molar refractivity (Wildman–Crippen MR) is 139 cm³/mol. The Morgan fingerprint density at radius 1 is 1.02 bits per heavy atom. The van der Waals surface area contributed by atoms with Gasteiger partial charge >= 0.3 is 12.4 Å². The monoisotopic (exact) mass is 579 g/mol. The molecule has 210 valence electrons. The summed E-state index contributed by atoms with van der Waals surface area (Å²) in [6.45, 7) is 1.63. The number of amidine groups is 1. The standard InChI is InChI=1S/C27H23F6N5OS/c1-37-12-18-5-6-19(13-37)38(18)25-35-24(39)23(40-25)20(14-3-7-22-16(8-14)11-34-36-22)9-15-2-4-17(26(28,29)30)10-21(15)27(31,32)33/h2-4,7-8,10-11,18-19H,5-6,9,12-13H2,1H3,(H,34,36). The molecule has 3 aliphatic rings. The largest absolute Gasteiger partial charge is 0.416 e. The van der Waals surface area contributed by atoms with Crippen LogP contribution in [0.5, 0.6) is 0 Å². The minimum atomic E-state index is -5.03. The molecule has 1 aromatic heterocycles. The van der Waals surface area contributed by atoms with Crippen LogP contribution in [0.4, 0.5) is 26.3 Å². The molecule has 2 bridgehead atoms. The number of rotatable bonds is 3. The number of halogens is 6. The first-order valence-electron chi connectivity index (χ1n) is 12.6. The van der Waals surface area contributed by atoms with E-state index in [4.69, 9.17) is 0 Å². The van der Waals surface area contributed by atoms with Crippen LogP contribution in [0.1, 0.15) is 35.1 Å². The van der Waals surface area contributed by atoms with Crippen LogP contribution in [0, 0.1) is 0 Å². The van der Waals surface area contributed by atoms with Crippen molar-refractivity contribution in [3.63, 3.8) is 0 Å². The van der Waals surface area contributed by atoms with Crippen molar-refractivity contribution >= 4 is 39.3 Å².